The van der Waals surface area contributed by atoms with E-state index >= 15 is 0 Å². The number of ether oxygens (including phenoxy) is 1. The van der Waals surface area contributed by atoms with Crippen molar-refractivity contribution in [2.45, 2.75) is 32.8 Å². The number of amides is 1. The van der Waals surface area contributed by atoms with Crippen molar-refractivity contribution in [2.24, 2.45) is 5.92 Å². The molecule has 0 bridgehead atoms. The molecule has 3 rings (SSSR count). The van der Waals surface area contributed by atoms with E-state index in [-0.39, 0.29) is 6.09 Å². The number of thiazole rings is 1. The average molecular weight is 322 g/mol. The lowest BCUT2D eigenvalue weighted by atomic mass is 9.97. The van der Waals surface area contributed by atoms with Gasteiger partial charge in [-0.25, -0.2) is 9.78 Å². The minimum absolute atomic E-state index is 0.266. The van der Waals surface area contributed by atoms with Crippen molar-refractivity contribution in [3.63, 3.8) is 0 Å². The fourth-order valence-corrected chi connectivity index (χ4v) is 2.72. The number of nitrogens with zero attached hydrogens (tertiary/aromatic N) is 4. The van der Waals surface area contributed by atoms with Gasteiger partial charge in [0.15, 0.2) is 0 Å². The Morgan fingerprint density at radius 3 is 2.91 bits per heavy atom. The van der Waals surface area contributed by atoms with Gasteiger partial charge in [-0.05, 0) is 20.8 Å². The fourth-order valence-electron chi connectivity index (χ4n) is 2.19. The van der Waals surface area contributed by atoms with E-state index < -0.39 is 5.60 Å². The SMILES string of the molecule is CC(C)(C)OC(=O)N1CC(Cc2nc(-c3cscn3)no2)C1. The molecule has 8 heteroatoms. The largest absolute Gasteiger partial charge is 0.444 e. The van der Waals surface area contributed by atoms with E-state index in [1.54, 1.807) is 10.4 Å². The molecule has 0 atom stereocenters. The number of hydrogen-bond acceptors (Lipinski definition) is 7. The predicted molar refractivity (Wildman–Crippen MR) is 80.4 cm³/mol. The maximum atomic E-state index is 11.8. The number of rotatable bonds is 3. The highest BCUT2D eigenvalue weighted by Crippen LogP contribution is 2.23. The van der Waals surface area contributed by atoms with E-state index in [0.717, 1.165) is 5.69 Å². The van der Waals surface area contributed by atoms with E-state index in [1.807, 2.05) is 26.2 Å². The molecule has 1 amide bonds. The van der Waals surface area contributed by atoms with Crippen molar-refractivity contribution in [3.8, 4) is 11.5 Å². The molecule has 1 aliphatic heterocycles. The lowest BCUT2D eigenvalue weighted by Gasteiger charge is -2.39. The molecule has 2 aromatic rings. The highest BCUT2D eigenvalue weighted by molar-refractivity contribution is 7.07. The van der Waals surface area contributed by atoms with E-state index in [1.165, 1.54) is 11.3 Å². The molecule has 0 radical (unpaired) electrons. The second kappa shape index (κ2) is 5.68. The van der Waals surface area contributed by atoms with Crippen molar-refractivity contribution in [1.29, 1.82) is 0 Å². The van der Waals surface area contributed by atoms with Gasteiger partial charge >= 0.3 is 6.09 Å². The van der Waals surface area contributed by atoms with Crippen LogP contribution in [-0.2, 0) is 11.2 Å². The Labute approximate surface area is 132 Å². The summed E-state index contributed by atoms with van der Waals surface area (Å²) in [4.78, 5) is 22.0. The van der Waals surface area contributed by atoms with Gasteiger partial charge in [0.05, 0.1) is 5.51 Å². The van der Waals surface area contributed by atoms with Gasteiger partial charge in [-0.3, -0.25) is 0 Å². The summed E-state index contributed by atoms with van der Waals surface area (Å²) < 4.78 is 10.6. The van der Waals surface area contributed by atoms with Crippen LogP contribution in [0.5, 0.6) is 0 Å². The first-order chi connectivity index (χ1) is 10.4. The minimum Gasteiger partial charge on any atom is -0.444 e. The molecular weight excluding hydrogens is 304 g/mol. The van der Waals surface area contributed by atoms with Gasteiger partial charge < -0.3 is 14.2 Å². The van der Waals surface area contributed by atoms with Crippen molar-refractivity contribution in [1.82, 2.24) is 20.0 Å². The molecule has 118 valence electrons. The summed E-state index contributed by atoms with van der Waals surface area (Å²) in [6, 6.07) is 0. The highest BCUT2D eigenvalue weighted by atomic mass is 32.1. The molecule has 0 aliphatic carbocycles. The zero-order chi connectivity index (χ0) is 15.7. The maximum Gasteiger partial charge on any atom is 0.410 e. The Morgan fingerprint density at radius 2 is 2.27 bits per heavy atom. The first kappa shape index (κ1) is 15.0. The summed E-state index contributed by atoms with van der Waals surface area (Å²) in [6.07, 6.45) is 0.397. The topological polar surface area (TPSA) is 81.4 Å². The monoisotopic (exact) mass is 322 g/mol. The molecule has 22 heavy (non-hydrogen) atoms. The van der Waals surface area contributed by atoms with Crippen LogP contribution in [-0.4, -0.2) is 44.8 Å². The summed E-state index contributed by atoms with van der Waals surface area (Å²) in [6.45, 7) is 6.90. The van der Waals surface area contributed by atoms with Gasteiger partial charge in [0, 0.05) is 30.8 Å². The smallest absolute Gasteiger partial charge is 0.410 e. The van der Waals surface area contributed by atoms with Crippen molar-refractivity contribution < 1.29 is 14.1 Å². The lowest BCUT2D eigenvalue weighted by Crippen LogP contribution is -2.52. The molecule has 2 aromatic heterocycles. The molecule has 0 unspecified atom stereocenters. The van der Waals surface area contributed by atoms with Crippen molar-refractivity contribution >= 4 is 17.4 Å². The second-order valence-corrected chi connectivity index (χ2v) is 7.06. The molecule has 0 saturated carbocycles. The normalized spacial score (nSPS) is 15.7. The number of carbonyl (C=O) groups excluding carboxylic acids is 1. The first-order valence-corrected chi connectivity index (χ1v) is 8.04. The number of aromatic nitrogens is 3. The van der Waals surface area contributed by atoms with Crippen LogP contribution < -0.4 is 0 Å². The third-order valence-corrected chi connectivity index (χ3v) is 3.79. The van der Waals surface area contributed by atoms with E-state index in [0.29, 0.717) is 37.1 Å². The zero-order valence-corrected chi connectivity index (χ0v) is 13.6. The zero-order valence-electron chi connectivity index (χ0n) is 12.8. The van der Waals surface area contributed by atoms with Crippen LogP contribution in [0.2, 0.25) is 0 Å². The summed E-state index contributed by atoms with van der Waals surface area (Å²) in [7, 11) is 0. The van der Waals surface area contributed by atoms with Crippen molar-refractivity contribution in [2.75, 3.05) is 13.1 Å². The van der Waals surface area contributed by atoms with Gasteiger partial charge in [0.2, 0.25) is 11.7 Å². The number of carbonyl (C=O) groups is 1. The van der Waals surface area contributed by atoms with E-state index in [2.05, 4.69) is 15.1 Å². The highest BCUT2D eigenvalue weighted by Gasteiger charge is 2.34. The molecule has 0 aromatic carbocycles. The summed E-state index contributed by atoms with van der Waals surface area (Å²) in [5.41, 5.74) is 2.00. The lowest BCUT2D eigenvalue weighted by molar-refractivity contribution is -0.00186. The molecule has 1 saturated heterocycles. The molecular formula is C14H18N4O3S. The average Bonchev–Trinajstić information content (AvgIpc) is 3.01. The van der Waals surface area contributed by atoms with Crippen LogP contribution in [0.3, 0.4) is 0 Å². The first-order valence-electron chi connectivity index (χ1n) is 7.10. The third-order valence-electron chi connectivity index (χ3n) is 3.20. The fraction of sp³-hybridized carbons (Fsp3) is 0.571. The summed E-state index contributed by atoms with van der Waals surface area (Å²) >= 11 is 1.49. The Kier molecular flexibility index (Phi) is 3.86. The van der Waals surface area contributed by atoms with Gasteiger partial charge in [-0.2, -0.15) is 4.98 Å². The number of hydrogen-bond donors (Lipinski definition) is 0. The van der Waals surface area contributed by atoms with Crippen LogP contribution in [0.25, 0.3) is 11.5 Å². The van der Waals surface area contributed by atoms with Crippen LogP contribution in [0.4, 0.5) is 4.79 Å². The molecule has 0 spiro atoms. The van der Waals surface area contributed by atoms with Gasteiger partial charge in [-0.1, -0.05) is 5.16 Å². The second-order valence-electron chi connectivity index (χ2n) is 6.34. The van der Waals surface area contributed by atoms with Gasteiger partial charge in [0.25, 0.3) is 0 Å². The summed E-state index contributed by atoms with van der Waals surface area (Å²) in [5.74, 6) is 1.42. The van der Waals surface area contributed by atoms with Crippen LogP contribution in [0.15, 0.2) is 15.4 Å². The van der Waals surface area contributed by atoms with E-state index in [4.69, 9.17) is 9.26 Å². The minimum atomic E-state index is -0.461. The van der Waals surface area contributed by atoms with Gasteiger partial charge in [0.1, 0.15) is 11.3 Å². The molecule has 1 aliphatic rings. The quantitative estimate of drug-likeness (QED) is 0.864. The van der Waals surface area contributed by atoms with Crippen molar-refractivity contribution in [3.05, 3.63) is 16.8 Å². The van der Waals surface area contributed by atoms with Crippen LogP contribution in [0, 0.1) is 5.92 Å². The summed E-state index contributed by atoms with van der Waals surface area (Å²) in [5, 5.41) is 5.80. The molecule has 3 heterocycles. The van der Waals surface area contributed by atoms with Crippen LogP contribution in [0.1, 0.15) is 26.7 Å². The van der Waals surface area contributed by atoms with E-state index in [9.17, 15) is 4.79 Å². The Balaban J connectivity index is 1.49. The van der Waals surface area contributed by atoms with Crippen LogP contribution >= 0.6 is 11.3 Å². The van der Waals surface area contributed by atoms with Gasteiger partial charge in [-0.15, -0.1) is 11.3 Å². The Bertz CT molecular complexity index is 641. The number of likely N-dealkylation sites (tertiary alicyclic amines) is 1. The Hall–Kier alpha value is -1.96. The predicted octanol–water partition coefficient (Wildman–Crippen LogP) is 2.60. The standard InChI is InChI=1S/C14H18N4O3S/c1-14(2,3)20-13(19)18-5-9(6-18)4-11-16-12(17-21-11)10-7-22-8-15-10/h7-9H,4-6H2,1-3H3. The molecule has 7 nitrogen and oxygen atoms in total. The molecule has 1 fully saturated rings. The third kappa shape index (κ3) is 3.44. The molecule has 0 N–H and O–H groups in total. The Morgan fingerprint density at radius 1 is 1.50 bits per heavy atom. The maximum absolute atomic E-state index is 11.8.